The van der Waals surface area contributed by atoms with Crippen molar-refractivity contribution in [3.05, 3.63) is 47.5 Å². The van der Waals surface area contributed by atoms with Gasteiger partial charge < -0.3 is 28.4 Å². The Labute approximate surface area is 194 Å². The third-order valence-electron chi connectivity index (χ3n) is 5.61. The van der Waals surface area contributed by atoms with Gasteiger partial charge in [0.15, 0.2) is 23.0 Å². The zero-order valence-corrected chi connectivity index (χ0v) is 18.9. The van der Waals surface area contributed by atoms with Gasteiger partial charge in [-0.2, -0.15) is 0 Å². The van der Waals surface area contributed by atoms with Gasteiger partial charge in [-0.15, -0.1) is 0 Å². The fraction of sp³-hybridized carbons (Fsp3) is 0.333. The first-order valence-electron chi connectivity index (χ1n) is 10.4. The lowest BCUT2D eigenvalue weighted by molar-refractivity contribution is -0.155. The molecular weight excluding hydrogens is 448 g/mol. The molecule has 2 aliphatic heterocycles. The Morgan fingerprint density at radius 2 is 1.06 bits per heavy atom. The zero-order chi connectivity index (χ0) is 24.6. The number of ether oxygens (including phenoxy) is 6. The number of cyclic esters (lactones) is 2. The molecule has 2 aliphatic rings. The average molecular weight is 470 g/mol. The largest absolute Gasteiger partial charge is 0.493 e. The van der Waals surface area contributed by atoms with Crippen molar-refractivity contribution in [3.8, 4) is 23.0 Å². The molecule has 0 saturated carbocycles. The molecule has 0 spiro atoms. The Morgan fingerprint density at radius 1 is 0.676 bits per heavy atom. The second kappa shape index (κ2) is 9.05. The van der Waals surface area contributed by atoms with Gasteiger partial charge in [0.25, 0.3) is 0 Å². The molecule has 178 valence electrons. The van der Waals surface area contributed by atoms with Crippen LogP contribution in [0, 0.1) is 11.8 Å². The Bertz CT molecular complexity index is 1080. The number of carbonyl (C=O) groups excluding carboxylic acids is 4. The van der Waals surface area contributed by atoms with Gasteiger partial charge in [0.05, 0.1) is 14.2 Å². The smallest absolute Gasteiger partial charge is 0.314 e. The van der Waals surface area contributed by atoms with Crippen molar-refractivity contribution >= 4 is 23.9 Å². The highest BCUT2D eigenvalue weighted by atomic mass is 16.6. The van der Waals surface area contributed by atoms with Crippen LogP contribution in [-0.2, 0) is 28.7 Å². The normalized spacial score (nSPS) is 22.9. The molecule has 10 nitrogen and oxygen atoms in total. The van der Waals surface area contributed by atoms with Crippen molar-refractivity contribution in [2.24, 2.45) is 11.8 Å². The van der Waals surface area contributed by atoms with E-state index in [-0.39, 0.29) is 23.0 Å². The summed E-state index contributed by atoms with van der Waals surface area (Å²) in [6.45, 7) is 2.53. The number of fused-ring (bicyclic) bond motifs is 1. The fourth-order valence-electron chi connectivity index (χ4n) is 4.22. The van der Waals surface area contributed by atoms with Gasteiger partial charge in [0, 0.05) is 13.8 Å². The van der Waals surface area contributed by atoms with Crippen LogP contribution < -0.4 is 18.9 Å². The molecule has 2 heterocycles. The summed E-state index contributed by atoms with van der Waals surface area (Å²) in [7, 11) is 2.81. The summed E-state index contributed by atoms with van der Waals surface area (Å²) in [6, 6.07) is 9.31. The Kier molecular flexibility index (Phi) is 6.14. The predicted octanol–water partition coefficient (Wildman–Crippen LogP) is 2.68. The fourth-order valence-corrected chi connectivity index (χ4v) is 4.22. The van der Waals surface area contributed by atoms with Crippen LogP contribution in [0.1, 0.15) is 37.2 Å². The molecule has 2 aromatic carbocycles. The lowest BCUT2D eigenvalue weighted by atomic mass is 9.84. The highest BCUT2D eigenvalue weighted by molar-refractivity contribution is 5.90. The van der Waals surface area contributed by atoms with Gasteiger partial charge in [0.1, 0.15) is 24.0 Å². The molecule has 2 aromatic rings. The lowest BCUT2D eigenvalue weighted by Gasteiger charge is -2.17. The SMILES string of the molecule is COc1cc([C@H]2OC(=O)[C@H]3[C@H]2C(=O)O[C@H]3c2ccc(OC(C)=O)c(OC)c2)ccc1OC(C)=O. The van der Waals surface area contributed by atoms with E-state index >= 15 is 0 Å². The van der Waals surface area contributed by atoms with E-state index in [9.17, 15) is 19.2 Å². The molecular formula is C24H22O10. The van der Waals surface area contributed by atoms with Crippen molar-refractivity contribution in [2.75, 3.05) is 14.2 Å². The number of hydrogen-bond acceptors (Lipinski definition) is 10. The van der Waals surface area contributed by atoms with E-state index in [4.69, 9.17) is 28.4 Å². The summed E-state index contributed by atoms with van der Waals surface area (Å²) in [4.78, 5) is 48.3. The van der Waals surface area contributed by atoms with Gasteiger partial charge in [-0.3, -0.25) is 19.2 Å². The molecule has 0 unspecified atom stereocenters. The second-order valence-electron chi connectivity index (χ2n) is 7.77. The Balaban J connectivity index is 1.64. The summed E-state index contributed by atoms with van der Waals surface area (Å²) in [6.07, 6.45) is -1.81. The van der Waals surface area contributed by atoms with Gasteiger partial charge in [-0.05, 0) is 35.4 Å². The third-order valence-corrected chi connectivity index (χ3v) is 5.61. The minimum atomic E-state index is -0.905. The summed E-state index contributed by atoms with van der Waals surface area (Å²) >= 11 is 0. The van der Waals surface area contributed by atoms with Gasteiger partial charge in [-0.1, -0.05) is 12.1 Å². The van der Waals surface area contributed by atoms with Crippen LogP contribution in [0.25, 0.3) is 0 Å². The first-order chi connectivity index (χ1) is 16.2. The van der Waals surface area contributed by atoms with Crippen molar-refractivity contribution in [1.82, 2.24) is 0 Å². The number of rotatable bonds is 6. The first-order valence-corrected chi connectivity index (χ1v) is 10.4. The van der Waals surface area contributed by atoms with Crippen LogP contribution in [-0.4, -0.2) is 38.1 Å². The molecule has 0 bridgehead atoms. The number of hydrogen-bond donors (Lipinski definition) is 0. The number of carbonyl (C=O) groups is 4. The molecule has 2 saturated heterocycles. The van der Waals surface area contributed by atoms with Gasteiger partial charge in [0.2, 0.25) is 0 Å². The molecule has 10 heteroatoms. The molecule has 0 amide bonds. The van der Waals surface area contributed by atoms with Crippen LogP contribution in [0.2, 0.25) is 0 Å². The van der Waals surface area contributed by atoms with Crippen molar-refractivity contribution < 1.29 is 47.6 Å². The van der Waals surface area contributed by atoms with E-state index in [1.807, 2.05) is 0 Å². The maximum atomic E-state index is 12.8. The summed E-state index contributed by atoms with van der Waals surface area (Å²) in [5, 5.41) is 0. The van der Waals surface area contributed by atoms with E-state index in [1.54, 1.807) is 24.3 Å². The maximum Gasteiger partial charge on any atom is 0.314 e. The van der Waals surface area contributed by atoms with Crippen molar-refractivity contribution in [3.63, 3.8) is 0 Å². The Hall–Kier alpha value is -4.08. The van der Waals surface area contributed by atoms with Gasteiger partial charge in [-0.25, -0.2) is 0 Å². The van der Waals surface area contributed by atoms with E-state index in [0.717, 1.165) is 0 Å². The molecule has 0 aliphatic carbocycles. The van der Waals surface area contributed by atoms with E-state index in [2.05, 4.69) is 0 Å². The van der Waals surface area contributed by atoms with Crippen LogP contribution in [0.15, 0.2) is 36.4 Å². The summed E-state index contributed by atoms with van der Waals surface area (Å²) in [5.41, 5.74) is 0.989. The standard InChI is InChI=1S/C24H22O10/c1-11(25)31-15-7-5-13(9-17(15)29-3)21-19-20(24(28)33-21)22(34-23(19)27)14-6-8-16(32-12(2)26)18(10-14)30-4/h5-10,19-22H,1-4H3/t19-,20+,21-,22+. The lowest BCUT2D eigenvalue weighted by Crippen LogP contribution is -2.19. The molecule has 4 atom stereocenters. The Morgan fingerprint density at radius 3 is 1.38 bits per heavy atom. The third kappa shape index (κ3) is 4.14. The first kappa shape index (κ1) is 23.1. The molecule has 0 N–H and O–H groups in total. The summed E-state index contributed by atoms with van der Waals surface area (Å²) < 4.78 is 32.0. The molecule has 34 heavy (non-hydrogen) atoms. The van der Waals surface area contributed by atoms with E-state index in [1.165, 1.54) is 40.2 Å². The maximum absolute atomic E-state index is 12.8. The summed E-state index contributed by atoms with van der Waals surface area (Å²) in [5.74, 6) is -3.08. The highest BCUT2D eigenvalue weighted by Crippen LogP contribution is 2.52. The topological polar surface area (TPSA) is 124 Å². The number of methoxy groups -OCH3 is 2. The quantitative estimate of drug-likeness (QED) is 0.460. The monoisotopic (exact) mass is 470 g/mol. The van der Waals surface area contributed by atoms with Crippen molar-refractivity contribution in [1.29, 1.82) is 0 Å². The molecule has 0 aromatic heterocycles. The predicted molar refractivity (Wildman–Crippen MR) is 113 cm³/mol. The van der Waals surface area contributed by atoms with E-state index < -0.39 is 47.9 Å². The van der Waals surface area contributed by atoms with Gasteiger partial charge >= 0.3 is 23.9 Å². The highest BCUT2D eigenvalue weighted by Gasteiger charge is 2.60. The molecule has 4 rings (SSSR count). The van der Waals surface area contributed by atoms with Crippen molar-refractivity contribution in [2.45, 2.75) is 26.1 Å². The molecule has 2 fully saturated rings. The minimum absolute atomic E-state index is 0.200. The van der Waals surface area contributed by atoms with Crippen LogP contribution in [0.3, 0.4) is 0 Å². The molecule has 0 radical (unpaired) electrons. The van der Waals surface area contributed by atoms with Crippen LogP contribution >= 0.6 is 0 Å². The number of benzene rings is 2. The second-order valence-corrected chi connectivity index (χ2v) is 7.77. The minimum Gasteiger partial charge on any atom is -0.493 e. The van der Waals surface area contributed by atoms with Crippen LogP contribution in [0.4, 0.5) is 0 Å². The van der Waals surface area contributed by atoms with E-state index in [0.29, 0.717) is 11.1 Å². The van der Waals surface area contributed by atoms with Crippen LogP contribution in [0.5, 0.6) is 23.0 Å². The average Bonchev–Trinajstić information content (AvgIpc) is 3.32. The number of esters is 4. The zero-order valence-electron chi connectivity index (χ0n) is 18.9.